The normalized spacial score (nSPS) is 10.3. The molecule has 0 heterocycles. The van der Waals surface area contributed by atoms with Gasteiger partial charge in [-0.15, -0.1) is 0 Å². The van der Waals surface area contributed by atoms with E-state index in [-0.39, 0.29) is 5.78 Å². The van der Waals surface area contributed by atoms with E-state index in [0.29, 0.717) is 11.8 Å². The number of carbonyl (C=O) groups is 1. The van der Waals surface area contributed by atoms with Gasteiger partial charge in [-0.05, 0) is 23.1 Å². The van der Waals surface area contributed by atoms with Crippen molar-refractivity contribution in [3.05, 3.63) is 34.9 Å². The van der Waals surface area contributed by atoms with Crippen molar-refractivity contribution in [3.8, 4) is 0 Å². The standard InChI is InChI=1S/C12H14Br2O/c1-2-9-3-4-10(6-12(15)8-14)11(5-9)7-13/h3-5H,2,6-8H2,1H3. The minimum absolute atomic E-state index is 0.224. The molecule has 0 N–H and O–H groups in total. The van der Waals surface area contributed by atoms with Gasteiger partial charge in [0.1, 0.15) is 5.78 Å². The molecule has 0 fully saturated rings. The van der Waals surface area contributed by atoms with Gasteiger partial charge in [-0.1, -0.05) is 57.0 Å². The van der Waals surface area contributed by atoms with Crippen LogP contribution >= 0.6 is 31.9 Å². The zero-order valence-corrected chi connectivity index (χ0v) is 11.9. The zero-order valence-electron chi connectivity index (χ0n) is 8.72. The van der Waals surface area contributed by atoms with Gasteiger partial charge in [0.15, 0.2) is 0 Å². The van der Waals surface area contributed by atoms with Crippen molar-refractivity contribution in [3.63, 3.8) is 0 Å². The van der Waals surface area contributed by atoms with Gasteiger partial charge in [-0.25, -0.2) is 0 Å². The van der Waals surface area contributed by atoms with Gasteiger partial charge < -0.3 is 0 Å². The first-order valence-electron chi connectivity index (χ1n) is 4.95. The summed E-state index contributed by atoms with van der Waals surface area (Å²) in [6, 6.07) is 6.34. The van der Waals surface area contributed by atoms with E-state index >= 15 is 0 Å². The smallest absolute Gasteiger partial charge is 0.147 e. The van der Waals surface area contributed by atoms with E-state index in [4.69, 9.17) is 0 Å². The number of alkyl halides is 2. The second-order valence-corrected chi connectivity index (χ2v) is 4.56. The topological polar surface area (TPSA) is 17.1 Å². The van der Waals surface area contributed by atoms with Crippen LogP contribution in [0.1, 0.15) is 23.6 Å². The quantitative estimate of drug-likeness (QED) is 0.752. The van der Waals surface area contributed by atoms with Crippen LogP contribution in [0.15, 0.2) is 18.2 Å². The maximum absolute atomic E-state index is 11.3. The van der Waals surface area contributed by atoms with E-state index < -0.39 is 0 Å². The van der Waals surface area contributed by atoms with Crippen molar-refractivity contribution >= 4 is 37.6 Å². The Morgan fingerprint density at radius 3 is 2.53 bits per heavy atom. The monoisotopic (exact) mass is 332 g/mol. The van der Waals surface area contributed by atoms with Crippen LogP contribution in [0.25, 0.3) is 0 Å². The molecule has 0 radical (unpaired) electrons. The summed E-state index contributed by atoms with van der Waals surface area (Å²) in [5.74, 6) is 0.224. The molecule has 1 rings (SSSR count). The van der Waals surface area contributed by atoms with Crippen LogP contribution in [0.5, 0.6) is 0 Å². The summed E-state index contributed by atoms with van der Waals surface area (Å²) in [5, 5.41) is 1.25. The lowest BCUT2D eigenvalue weighted by Crippen LogP contribution is -2.06. The van der Waals surface area contributed by atoms with Crippen LogP contribution < -0.4 is 0 Å². The minimum Gasteiger partial charge on any atom is -0.298 e. The molecular weight excluding hydrogens is 320 g/mol. The zero-order chi connectivity index (χ0) is 11.3. The fourth-order valence-electron chi connectivity index (χ4n) is 1.46. The van der Waals surface area contributed by atoms with Crippen molar-refractivity contribution in [2.75, 3.05) is 5.33 Å². The average molecular weight is 334 g/mol. The summed E-state index contributed by atoms with van der Waals surface area (Å²) in [4.78, 5) is 11.3. The van der Waals surface area contributed by atoms with E-state index in [2.05, 4.69) is 57.0 Å². The first kappa shape index (κ1) is 12.9. The van der Waals surface area contributed by atoms with E-state index in [1.165, 1.54) is 11.1 Å². The van der Waals surface area contributed by atoms with Crippen LogP contribution in [0.3, 0.4) is 0 Å². The van der Waals surface area contributed by atoms with E-state index in [1.54, 1.807) is 0 Å². The highest BCUT2D eigenvalue weighted by molar-refractivity contribution is 9.09. The van der Waals surface area contributed by atoms with Crippen LogP contribution in [0.4, 0.5) is 0 Å². The number of rotatable bonds is 5. The third-order valence-corrected chi connectivity index (χ3v) is 3.59. The molecule has 3 heteroatoms. The fraction of sp³-hybridized carbons (Fsp3) is 0.417. The molecule has 82 valence electrons. The lowest BCUT2D eigenvalue weighted by Gasteiger charge is -2.08. The van der Waals surface area contributed by atoms with Gasteiger partial charge in [0, 0.05) is 11.8 Å². The maximum atomic E-state index is 11.3. The van der Waals surface area contributed by atoms with Gasteiger partial charge in [0.2, 0.25) is 0 Å². The fourth-order valence-corrected chi connectivity index (χ4v) is 2.18. The van der Waals surface area contributed by atoms with Crippen molar-refractivity contribution < 1.29 is 4.79 Å². The number of halogens is 2. The summed E-state index contributed by atoms with van der Waals surface area (Å²) in [6.07, 6.45) is 1.56. The molecule has 0 unspecified atom stereocenters. The highest BCUT2D eigenvalue weighted by Crippen LogP contribution is 2.17. The molecule has 0 aliphatic heterocycles. The number of carbonyl (C=O) groups excluding carboxylic acids is 1. The Balaban J connectivity index is 2.92. The third-order valence-electron chi connectivity index (χ3n) is 2.36. The Hall–Kier alpha value is -0.150. The van der Waals surface area contributed by atoms with Crippen LogP contribution in [0, 0.1) is 0 Å². The molecule has 0 aromatic heterocycles. The Morgan fingerprint density at radius 1 is 1.27 bits per heavy atom. The highest BCUT2D eigenvalue weighted by Gasteiger charge is 2.07. The van der Waals surface area contributed by atoms with E-state index in [9.17, 15) is 4.79 Å². The molecule has 0 amide bonds. The highest BCUT2D eigenvalue weighted by atomic mass is 79.9. The first-order valence-corrected chi connectivity index (χ1v) is 7.19. The molecule has 15 heavy (non-hydrogen) atoms. The Bertz CT molecular complexity index is 347. The number of aryl methyl sites for hydroxylation is 1. The summed E-state index contributed by atoms with van der Waals surface area (Å²) in [5.41, 5.74) is 3.68. The molecule has 0 saturated heterocycles. The Kier molecular flexibility index (Phi) is 5.54. The second kappa shape index (κ2) is 6.44. The number of benzene rings is 1. The molecule has 1 nitrogen and oxygen atoms in total. The number of ketones is 1. The van der Waals surface area contributed by atoms with Crippen molar-refractivity contribution in [1.82, 2.24) is 0 Å². The predicted molar refractivity (Wildman–Crippen MR) is 71.0 cm³/mol. The Labute approximate surface area is 108 Å². The van der Waals surface area contributed by atoms with E-state index in [0.717, 1.165) is 17.3 Å². The molecule has 1 aromatic carbocycles. The van der Waals surface area contributed by atoms with Gasteiger partial charge in [0.05, 0.1) is 5.33 Å². The van der Waals surface area contributed by atoms with Gasteiger partial charge in [0.25, 0.3) is 0 Å². The summed E-state index contributed by atoms with van der Waals surface area (Å²) < 4.78 is 0. The van der Waals surface area contributed by atoms with Gasteiger partial charge in [-0.3, -0.25) is 4.79 Å². The molecular formula is C12H14Br2O. The Morgan fingerprint density at radius 2 is 2.00 bits per heavy atom. The maximum Gasteiger partial charge on any atom is 0.147 e. The molecule has 1 aromatic rings. The first-order chi connectivity index (χ1) is 7.21. The summed E-state index contributed by atoms with van der Waals surface area (Å²) in [6.45, 7) is 2.14. The summed E-state index contributed by atoms with van der Waals surface area (Å²) >= 11 is 6.65. The number of hydrogen-bond donors (Lipinski definition) is 0. The van der Waals surface area contributed by atoms with Crippen molar-refractivity contribution in [2.24, 2.45) is 0 Å². The van der Waals surface area contributed by atoms with Crippen molar-refractivity contribution in [1.29, 1.82) is 0 Å². The van der Waals surface area contributed by atoms with Gasteiger partial charge in [-0.2, -0.15) is 0 Å². The number of hydrogen-bond acceptors (Lipinski definition) is 1. The lowest BCUT2D eigenvalue weighted by atomic mass is 10.0. The van der Waals surface area contributed by atoms with Crippen molar-refractivity contribution in [2.45, 2.75) is 25.1 Å². The van der Waals surface area contributed by atoms with E-state index in [1.807, 2.05) is 0 Å². The molecule has 0 aliphatic carbocycles. The van der Waals surface area contributed by atoms with Crippen LogP contribution in [-0.4, -0.2) is 11.1 Å². The summed E-state index contributed by atoms with van der Waals surface area (Å²) in [7, 11) is 0. The SMILES string of the molecule is CCc1ccc(CC(=O)CBr)c(CBr)c1. The predicted octanol–water partition coefficient (Wildman–Crippen LogP) is 3.65. The lowest BCUT2D eigenvalue weighted by molar-refractivity contribution is -0.115. The number of Topliss-reactive ketones (excluding diaryl/α,β-unsaturated/α-hetero) is 1. The molecule has 0 aliphatic rings. The van der Waals surface area contributed by atoms with Crippen LogP contribution in [-0.2, 0) is 23.0 Å². The molecule has 0 atom stereocenters. The van der Waals surface area contributed by atoms with Gasteiger partial charge >= 0.3 is 0 Å². The third kappa shape index (κ3) is 3.72. The van der Waals surface area contributed by atoms with Crippen LogP contribution in [0.2, 0.25) is 0 Å². The molecule has 0 bridgehead atoms. The minimum atomic E-state index is 0.224. The molecule has 0 saturated carbocycles. The largest absolute Gasteiger partial charge is 0.298 e. The average Bonchev–Trinajstić information content (AvgIpc) is 2.29. The second-order valence-electron chi connectivity index (χ2n) is 3.44. The molecule has 0 spiro atoms.